The van der Waals surface area contributed by atoms with Crippen molar-refractivity contribution in [1.29, 1.82) is 0 Å². The van der Waals surface area contributed by atoms with Crippen molar-refractivity contribution in [3.8, 4) is 5.88 Å². The first-order valence-electron chi connectivity index (χ1n) is 8.96. The van der Waals surface area contributed by atoms with E-state index in [4.69, 9.17) is 4.42 Å². The fraction of sp³-hybridized carbons (Fsp3) is 0.300. The molecule has 4 aromatic rings. The smallest absolute Gasteiger partial charge is 0.230 e. The minimum absolute atomic E-state index is 0.126. The minimum atomic E-state index is -0.210. The van der Waals surface area contributed by atoms with Crippen LogP contribution in [0.25, 0.3) is 4.96 Å². The maximum Gasteiger partial charge on any atom is 0.230 e. The van der Waals surface area contributed by atoms with Crippen LogP contribution in [0, 0.1) is 13.8 Å². The number of fused-ring (bicyclic) bond motifs is 1. The molecular formula is C20H22N4O2S. The van der Waals surface area contributed by atoms with Crippen molar-refractivity contribution >= 4 is 16.3 Å². The number of nitrogens with zero attached hydrogens (tertiary/aromatic N) is 4. The third-order valence-electron chi connectivity index (χ3n) is 4.58. The van der Waals surface area contributed by atoms with Crippen molar-refractivity contribution in [1.82, 2.24) is 19.5 Å². The van der Waals surface area contributed by atoms with Crippen LogP contribution < -0.4 is 0 Å². The number of aromatic nitrogens is 3. The normalized spacial score (nSPS) is 12.9. The molecule has 4 rings (SSSR count). The quantitative estimate of drug-likeness (QED) is 0.538. The lowest BCUT2D eigenvalue weighted by Crippen LogP contribution is -2.28. The van der Waals surface area contributed by atoms with Crippen LogP contribution in [-0.4, -0.2) is 31.1 Å². The zero-order valence-corrected chi connectivity index (χ0v) is 16.4. The van der Waals surface area contributed by atoms with Gasteiger partial charge in [-0.05, 0) is 38.1 Å². The molecule has 0 saturated heterocycles. The largest absolute Gasteiger partial charge is 0.492 e. The Bertz CT molecular complexity index is 1050. The Labute approximate surface area is 161 Å². The Morgan fingerprint density at radius 1 is 1.19 bits per heavy atom. The molecule has 0 aliphatic carbocycles. The van der Waals surface area contributed by atoms with Crippen molar-refractivity contribution in [2.24, 2.45) is 0 Å². The number of aryl methyl sites for hydroxylation is 2. The molecule has 0 spiro atoms. The summed E-state index contributed by atoms with van der Waals surface area (Å²) in [7, 11) is 0. The first-order chi connectivity index (χ1) is 13.1. The van der Waals surface area contributed by atoms with Crippen LogP contribution in [0.1, 0.15) is 40.8 Å². The molecule has 140 valence electrons. The highest BCUT2D eigenvalue weighted by Crippen LogP contribution is 2.40. The zero-order chi connectivity index (χ0) is 19.0. The molecule has 6 nitrogen and oxygen atoms in total. The average molecular weight is 382 g/mol. The monoisotopic (exact) mass is 382 g/mol. The van der Waals surface area contributed by atoms with E-state index >= 15 is 0 Å². The molecule has 0 saturated carbocycles. The molecule has 3 heterocycles. The molecule has 0 fully saturated rings. The summed E-state index contributed by atoms with van der Waals surface area (Å²) in [4.78, 5) is 8.16. The van der Waals surface area contributed by atoms with Crippen LogP contribution in [0.5, 0.6) is 5.88 Å². The predicted octanol–water partition coefficient (Wildman–Crippen LogP) is 4.32. The number of rotatable bonds is 6. The van der Waals surface area contributed by atoms with Crippen molar-refractivity contribution in [3.05, 3.63) is 70.3 Å². The standard InChI is InChI=1S/C20H22N4O2S/c1-4-23(12-15-8-6-5-7-9-15)17(16-11-10-13(2)26-16)18-19(25)24-20(27-18)21-14(3)22-24/h5-11,17,25H,4,12H2,1-3H3. The van der Waals surface area contributed by atoms with E-state index in [1.54, 1.807) is 0 Å². The van der Waals surface area contributed by atoms with Gasteiger partial charge < -0.3 is 9.52 Å². The molecule has 7 heteroatoms. The maximum absolute atomic E-state index is 10.9. The van der Waals surface area contributed by atoms with Crippen LogP contribution >= 0.6 is 11.3 Å². The number of benzene rings is 1. The van der Waals surface area contributed by atoms with Gasteiger partial charge >= 0.3 is 0 Å². The topological polar surface area (TPSA) is 66.8 Å². The predicted molar refractivity (Wildman–Crippen MR) is 105 cm³/mol. The summed E-state index contributed by atoms with van der Waals surface area (Å²) in [6.45, 7) is 7.41. The Balaban J connectivity index is 1.80. The van der Waals surface area contributed by atoms with E-state index in [9.17, 15) is 5.11 Å². The van der Waals surface area contributed by atoms with Crippen molar-refractivity contribution in [2.45, 2.75) is 33.4 Å². The fourth-order valence-corrected chi connectivity index (χ4v) is 4.45. The zero-order valence-electron chi connectivity index (χ0n) is 15.6. The molecular weight excluding hydrogens is 360 g/mol. The van der Waals surface area contributed by atoms with Gasteiger partial charge in [0, 0.05) is 6.54 Å². The first-order valence-corrected chi connectivity index (χ1v) is 9.77. The maximum atomic E-state index is 10.9. The summed E-state index contributed by atoms with van der Waals surface area (Å²) >= 11 is 1.45. The van der Waals surface area contributed by atoms with Gasteiger partial charge in [0.1, 0.15) is 23.4 Å². The molecule has 27 heavy (non-hydrogen) atoms. The number of hydrogen-bond acceptors (Lipinski definition) is 6. The van der Waals surface area contributed by atoms with Crippen LogP contribution in [0.15, 0.2) is 46.9 Å². The number of hydrogen-bond donors (Lipinski definition) is 1. The van der Waals surface area contributed by atoms with Crippen molar-refractivity contribution in [3.63, 3.8) is 0 Å². The molecule has 0 amide bonds. The molecule has 0 bridgehead atoms. The Hall–Kier alpha value is -2.64. The molecule has 1 N–H and O–H groups in total. The fourth-order valence-electron chi connectivity index (χ4n) is 3.31. The van der Waals surface area contributed by atoms with E-state index in [0.29, 0.717) is 10.8 Å². The van der Waals surface area contributed by atoms with Gasteiger partial charge in [-0.3, -0.25) is 4.90 Å². The Morgan fingerprint density at radius 2 is 1.96 bits per heavy atom. The van der Waals surface area contributed by atoms with E-state index in [0.717, 1.165) is 29.5 Å². The molecule has 3 aromatic heterocycles. The van der Waals surface area contributed by atoms with Gasteiger partial charge in [-0.1, -0.05) is 48.6 Å². The van der Waals surface area contributed by atoms with Crippen molar-refractivity contribution < 1.29 is 9.52 Å². The second-order valence-electron chi connectivity index (χ2n) is 6.54. The molecule has 0 aliphatic rings. The van der Waals surface area contributed by atoms with E-state index < -0.39 is 0 Å². The summed E-state index contributed by atoms with van der Waals surface area (Å²) in [6.07, 6.45) is 0. The highest BCUT2D eigenvalue weighted by molar-refractivity contribution is 7.17. The van der Waals surface area contributed by atoms with Gasteiger partial charge in [0.05, 0.1) is 4.88 Å². The van der Waals surface area contributed by atoms with Crippen molar-refractivity contribution in [2.75, 3.05) is 6.54 Å². The first kappa shape index (κ1) is 17.8. The average Bonchev–Trinajstić information content (AvgIpc) is 3.32. The molecule has 1 aromatic carbocycles. The third kappa shape index (κ3) is 3.36. The number of aromatic hydroxyl groups is 1. The van der Waals surface area contributed by atoms with E-state index in [1.165, 1.54) is 21.4 Å². The highest BCUT2D eigenvalue weighted by Gasteiger charge is 2.31. The molecule has 1 atom stereocenters. The summed E-state index contributed by atoms with van der Waals surface area (Å²) < 4.78 is 7.48. The lowest BCUT2D eigenvalue weighted by Gasteiger charge is -2.28. The lowest BCUT2D eigenvalue weighted by molar-refractivity contribution is 0.202. The lowest BCUT2D eigenvalue weighted by atomic mass is 10.1. The summed E-state index contributed by atoms with van der Waals surface area (Å²) in [5, 5.41) is 15.2. The third-order valence-corrected chi connectivity index (χ3v) is 5.66. The van der Waals surface area contributed by atoms with E-state index in [-0.39, 0.29) is 11.9 Å². The van der Waals surface area contributed by atoms with Crippen LogP contribution in [-0.2, 0) is 6.54 Å². The second-order valence-corrected chi connectivity index (χ2v) is 7.55. The van der Waals surface area contributed by atoms with E-state index in [2.05, 4.69) is 34.0 Å². The van der Waals surface area contributed by atoms with Gasteiger partial charge in [-0.25, -0.2) is 4.98 Å². The summed E-state index contributed by atoms with van der Waals surface area (Å²) in [6, 6.07) is 14.0. The Kier molecular flexibility index (Phi) is 4.72. The Morgan fingerprint density at radius 3 is 2.59 bits per heavy atom. The van der Waals surface area contributed by atoms with Crippen LogP contribution in [0.4, 0.5) is 0 Å². The molecule has 0 aliphatic heterocycles. The molecule has 1 unspecified atom stereocenters. The second kappa shape index (κ2) is 7.17. The van der Waals surface area contributed by atoms with Gasteiger partial charge in [0.15, 0.2) is 0 Å². The number of thiazole rings is 1. The van der Waals surface area contributed by atoms with Crippen LogP contribution in [0.2, 0.25) is 0 Å². The van der Waals surface area contributed by atoms with Crippen LogP contribution in [0.3, 0.4) is 0 Å². The van der Waals surface area contributed by atoms with Gasteiger partial charge in [0.25, 0.3) is 0 Å². The minimum Gasteiger partial charge on any atom is -0.492 e. The van der Waals surface area contributed by atoms with Gasteiger partial charge in [0.2, 0.25) is 10.8 Å². The van der Waals surface area contributed by atoms with Gasteiger partial charge in [-0.15, -0.1) is 5.10 Å². The SMILES string of the molecule is CCN(Cc1ccccc1)C(c1ccc(C)o1)c1sc2nc(C)nn2c1O. The number of furan rings is 1. The van der Waals surface area contributed by atoms with E-state index in [1.807, 2.05) is 44.2 Å². The highest BCUT2D eigenvalue weighted by atomic mass is 32.1. The molecule has 0 radical (unpaired) electrons. The summed E-state index contributed by atoms with van der Waals surface area (Å²) in [5.74, 6) is 2.42. The van der Waals surface area contributed by atoms with Gasteiger partial charge in [-0.2, -0.15) is 4.52 Å². The summed E-state index contributed by atoms with van der Waals surface area (Å²) in [5.41, 5.74) is 1.21.